The van der Waals surface area contributed by atoms with E-state index in [4.69, 9.17) is 0 Å². The van der Waals surface area contributed by atoms with Gasteiger partial charge in [-0.1, -0.05) is 91.0 Å². The average Bonchev–Trinajstić information content (AvgIpc) is 3.32. The molecule has 3 heterocycles. The van der Waals surface area contributed by atoms with Gasteiger partial charge in [-0.15, -0.1) is 0 Å². The van der Waals surface area contributed by atoms with Crippen molar-refractivity contribution in [3.63, 3.8) is 0 Å². The van der Waals surface area contributed by atoms with Crippen LogP contribution in [0.25, 0.3) is 22.8 Å². The minimum Gasteiger partial charge on any atom is -0.503 e. The van der Waals surface area contributed by atoms with Crippen molar-refractivity contribution in [2.45, 2.75) is 18.5 Å². The molecule has 5 aromatic rings. The molecule has 0 spiro atoms. The highest BCUT2D eigenvalue weighted by molar-refractivity contribution is 5.68. The van der Waals surface area contributed by atoms with Crippen LogP contribution in [0.4, 0.5) is 0 Å². The van der Waals surface area contributed by atoms with Gasteiger partial charge >= 0.3 is 0 Å². The summed E-state index contributed by atoms with van der Waals surface area (Å²) in [5.41, 5.74) is 4.41. The molecule has 0 saturated heterocycles. The molecule has 6 rings (SSSR count). The van der Waals surface area contributed by atoms with Crippen molar-refractivity contribution < 1.29 is 5.11 Å². The Hall–Kier alpha value is -4.38. The summed E-state index contributed by atoms with van der Waals surface area (Å²) in [4.78, 5) is 17.2. The van der Waals surface area contributed by atoms with Crippen molar-refractivity contribution in [2.75, 3.05) is 0 Å². The highest BCUT2D eigenvalue weighted by Gasteiger charge is 2.35. The fourth-order valence-corrected chi connectivity index (χ4v) is 5.13. The highest BCUT2D eigenvalue weighted by Crippen LogP contribution is 2.44. The van der Waals surface area contributed by atoms with E-state index in [0.29, 0.717) is 18.1 Å². The third-order valence-corrected chi connectivity index (χ3v) is 6.67. The number of nitrogens with zero attached hydrogens (tertiary/aromatic N) is 3. The first-order valence-electron chi connectivity index (χ1n) is 11.4. The van der Waals surface area contributed by atoms with Crippen LogP contribution < -0.4 is 5.43 Å². The number of aromatic nitrogens is 3. The summed E-state index contributed by atoms with van der Waals surface area (Å²) in [5.74, 6) is 0.339. The third-order valence-electron chi connectivity index (χ3n) is 6.67. The number of hydrogen-bond donors (Lipinski definition) is 1. The second kappa shape index (κ2) is 8.19. The molecule has 1 N–H and O–H groups in total. The molecule has 0 amide bonds. The van der Waals surface area contributed by atoms with Crippen LogP contribution in [-0.2, 0) is 6.54 Å². The summed E-state index contributed by atoms with van der Waals surface area (Å²) in [6.07, 6.45) is 3.62. The minimum absolute atomic E-state index is 0.00206. The van der Waals surface area contributed by atoms with Gasteiger partial charge in [-0.2, -0.15) is 0 Å². The van der Waals surface area contributed by atoms with Crippen molar-refractivity contribution in [1.29, 1.82) is 0 Å². The molecule has 3 aromatic carbocycles. The maximum absolute atomic E-state index is 12.5. The molecule has 166 valence electrons. The fourth-order valence-electron chi connectivity index (χ4n) is 5.13. The predicted octanol–water partition coefficient (Wildman–Crippen LogP) is 5.47. The van der Waals surface area contributed by atoms with Gasteiger partial charge in [0.15, 0.2) is 11.6 Å². The topological polar surface area (TPSA) is 60.1 Å². The Morgan fingerprint density at radius 3 is 2.03 bits per heavy atom. The van der Waals surface area contributed by atoms with Crippen LogP contribution in [0.3, 0.4) is 0 Å². The lowest BCUT2D eigenvalue weighted by molar-refractivity contribution is 0.365. The number of rotatable bonds is 4. The van der Waals surface area contributed by atoms with E-state index in [9.17, 15) is 9.90 Å². The molecule has 1 aliphatic heterocycles. The van der Waals surface area contributed by atoms with Crippen LogP contribution in [0.5, 0.6) is 5.75 Å². The Morgan fingerprint density at radius 1 is 0.824 bits per heavy atom. The van der Waals surface area contributed by atoms with Crippen LogP contribution in [0.1, 0.15) is 23.1 Å². The lowest BCUT2D eigenvalue weighted by Gasteiger charge is -2.36. The Labute approximate surface area is 197 Å². The summed E-state index contributed by atoms with van der Waals surface area (Å²) < 4.78 is 4.16. The van der Waals surface area contributed by atoms with E-state index in [2.05, 4.69) is 70.2 Å². The van der Waals surface area contributed by atoms with E-state index in [1.807, 2.05) is 41.1 Å². The lowest BCUT2D eigenvalue weighted by atomic mass is 9.83. The Kier molecular flexibility index (Phi) is 4.88. The van der Waals surface area contributed by atoms with Crippen LogP contribution in [0, 0.1) is 0 Å². The molecule has 0 bridgehead atoms. The van der Waals surface area contributed by atoms with Gasteiger partial charge in [0.25, 0.3) is 0 Å². The normalized spacial score (nSPS) is 14.6. The summed E-state index contributed by atoms with van der Waals surface area (Å²) in [7, 11) is 0. The number of benzene rings is 3. The van der Waals surface area contributed by atoms with E-state index >= 15 is 0 Å². The van der Waals surface area contributed by atoms with Gasteiger partial charge in [0.05, 0.1) is 17.9 Å². The Bertz CT molecular complexity index is 1470. The van der Waals surface area contributed by atoms with Gasteiger partial charge < -0.3 is 14.2 Å². The minimum atomic E-state index is -0.404. The molecule has 1 atom stereocenters. The van der Waals surface area contributed by atoms with Crippen molar-refractivity contribution >= 4 is 0 Å². The molecule has 5 nitrogen and oxygen atoms in total. The summed E-state index contributed by atoms with van der Waals surface area (Å²) in [5, 5.41) is 10.9. The second-order valence-corrected chi connectivity index (χ2v) is 8.59. The smallest absolute Gasteiger partial charge is 0.223 e. The lowest BCUT2D eigenvalue weighted by Crippen LogP contribution is -2.31. The number of pyridine rings is 1. The zero-order chi connectivity index (χ0) is 23.1. The van der Waals surface area contributed by atoms with E-state index in [-0.39, 0.29) is 17.7 Å². The zero-order valence-electron chi connectivity index (χ0n) is 18.5. The fraction of sp³-hybridized carbons (Fsp3) is 0.103. The van der Waals surface area contributed by atoms with Crippen LogP contribution >= 0.6 is 0 Å². The predicted molar refractivity (Wildman–Crippen MR) is 133 cm³/mol. The van der Waals surface area contributed by atoms with Crippen molar-refractivity contribution in [2.24, 2.45) is 0 Å². The molecule has 1 aliphatic rings. The van der Waals surface area contributed by atoms with Crippen molar-refractivity contribution in [3.8, 4) is 28.5 Å². The van der Waals surface area contributed by atoms with Crippen LogP contribution in [0.15, 0.2) is 114 Å². The number of aromatic hydroxyl groups is 1. The molecular weight excluding hydrogens is 422 g/mol. The van der Waals surface area contributed by atoms with E-state index in [1.54, 1.807) is 6.20 Å². The molecule has 0 aliphatic carbocycles. The largest absolute Gasteiger partial charge is 0.503 e. The Morgan fingerprint density at radius 2 is 1.41 bits per heavy atom. The SMILES string of the molecule is O=c1ccn2c(c1O)-c1ncc(-c3ccccc3)n1C[C@@H]2C(c1ccccc1)c1ccccc1. The molecule has 0 unspecified atom stereocenters. The molecule has 5 heteroatoms. The summed E-state index contributed by atoms with van der Waals surface area (Å²) in [6.45, 7) is 0.642. The first-order chi connectivity index (χ1) is 16.7. The number of hydrogen-bond acceptors (Lipinski definition) is 3. The zero-order valence-corrected chi connectivity index (χ0v) is 18.5. The summed E-state index contributed by atoms with van der Waals surface area (Å²) in [6, 6.07) is 32.3. The molecule has 0 radical (unpaired) electrons. The molecule has 2 aromatic heterocycles. The van der Waals surface area contributed by atoms with Gasteiger partial charge in [0.2, 0.25) is 5.43 Å². The first-order valence-corrected chi connectivity index (χ1v) is 11.4. The van der Waals surface area contributed by atoms with Gasteiger partial charge in [-0.05, 0) is 16.7 Å². The molecule has 0 saturated carbocycles. The third kappa shape index (κ3) is 3.25. The van der Waals surface area contributed by atoms with Gasteiger partial charge in [-0.3, -0.25) is 4.79 Å². The second-order valence-electron chi connectivity index (χ2n) is 8.59. The van der Waals surface area contributed by atoms with E-state index < -0.39 is 5.43 Å². The monoisotopic (exact) mass is 445 g/mol. The highest BCUT2D eigenvalue weighted by atomic mass is 16.3. The van der Waals surface area contributed by atoms with Gasteiger partial charge in [0, 0.05) is 24.7 Å². The summed E-state index contributed by atoms with van der Waals surface area (Å²) >= 11 is 0. The van der Waals surface area contributed by atoms with E-state index in [0.717, 1.165) is 11.3 Å². The van der Waals surface area contributed by atoms with Crippen molar-refractivity contribution in [1.82, 2.24) is 14.1 Å². The van der Waals surface area contributed by atoms with Gasteiger partial charge in [0.1, 0.15) is 5.69 Å². The molecular formula is C29H23N3O2. The first kappa shape index (κ1) is 20.2. The van der Waals surface area contributed by atoms with Crippen LogP contribution in [0.2, 0.25) is 0 Å². The maximum Gasteiger partial charge on any atom is 0.223 e. The number of imidazole rings is 1. The van der Waals surface area contributed by atoms with E-state index in [1.165, 1.54) is 17.2 Å². The quantitative estimate of drug-likeness (QED) is 0.399. The van der Waals surface area contributed by atoms with Gasteiger partial charge in [-0.25, -0.2) is 4.98 Å². The van der Waals surface area contributed by atoms with Crippen molar-refractivity contribution in [3.05, 3.63) is 131 Å². The molecule has 0 fully saturated rings. The maximum atomic E-state index is 12.5. The van der Waals surface area contributed by atoms with Crippen LogP contribution in [-0.4, -0.2) is 19.2 Å². The number of fused-ring (bicyclic) bond motifs is 3. The molecule has 34 heavy (non-hydrogen) atoms. The Balaban J connectivity index is 1.61. The standard InChI is InChI=1S/C29H23N3O2/c33-25-16-17-31-24(26(21-12-6-2-7-13-21)22-14-8-3-9-15-22)19-32-23(20-10-4-1-5-11-20)18-30-29(32)27(31)28(25)34/h1-18,24,26,34H,19H2/t24-/m1/s1. The average molecular weight is 446 g/mol.